The van der Waals surface area contributed by atoms with Crippen LogP contribution in [0.2, 0.25) is 0 Å². The van der Waals surface area contributed by atoms with E-state index in [0.29, 0.717) is 11.4 Å². The van der Waals surface area contributed by atoms with E-state index in [0.717, 1.165) is 29.2 Å². The third kappa shape index (κ3) is 4.66. The molecule has 0 bridgehead atoms. The van der Waals surface area contributed by atoms with Crippen LogP contribution in [-0.4, -0.2) is 29.1 Å². The number of anilines is 1. The zero-order valence-electron chi connectivity index (χ0n) is 13.8. The molecule has 1 aromatic carbocycles. The van der Waals surface area contributed by atoms with E-state index in [9.17, 15) is 4.79 Å². The third-order valence-electron chi connectivity index (χ3n) is 4.13. The molecule has 1 heterocycles. The molecule has 3 rings (SSSR count). The molecule has 0 atom stereocenters. The van der Waals surface area contributed by atoms with Crippen molar-refractivity contribution < 1.29 is 9.90 Å². The summed E-state index contributed by atoms with van der Waals surface area (Å²) in [6, 6.07) is 5.44. The molecular formula is C18H25N3O2. The number of nitrogens with zero attached hydrogens (tertiary/aromatic N) is 1. The average Bonchev–Trinajstić information content (AvgIpc) is 2.55. The number of pyridine rings is 1. The van der Waals surface area contributed by atoms with Crippen LogP contribution in [0.25, 0.3) is 10.8 Å². The van der Waals surface area contributed by atoms with Crippen LogP contribution < -0.4 is 11.1 Å². The lowest BCUT2D eigenvalue weighted by Crippen LogP contribution is -2.17. The highest BCUT2D eigenvalue weighted by Gasteiger charge is 2.08. The number of carbonyl (C=O) groups excluding carboxylic acids is 1. The maximum Gasteiger partial charge on any atom is 0.251 e. The summed E-state index contributed by atoms with van der Waals surface area (Å²) in [5.41, 5.74) is 7.28. The zero-order chi connectivity index (χ0) is 16.8. The van der Waals surface area contributed by atoms with E-state index in [4.69, 9.17) is 10.8 Å². The Morgan fingerprint density at radius 1 is 1.26 bits per heavy atom. The van der Waals surface area contributed by atoms with Gasteiger partial charge in [-0.05, 0) is 48.9 Å². The predicted octanol–water partition coefficient (Wildman–Crippen LogP) is 2.80. The van der Waals surface area contributed by atoms with Gasteiger partial charge in [0.1, 0.15) is 5.82 Å². The predicted molar refractivity (Wildman–Crippen MR) is 93.4 cm³/mol. The SMILES string of the molecule is CNC(=O)c1cc(C)c2cnc(N)cc2c1.OC1CCCCC1. The van der Waals surface area contributed by atoms with Crippen LogP contribution >= 0.6 is 0 Å². The Morgan fingerprint density at radius 3 is 2.52 bits per heavy atom. The highest BCUT2D eigenvalue weighted by atomic mass is 16.3. The molecule has 0 spiro atoms. The van der Waals surface area contributed by atoms with Crippen molar-refractivity contribution in [2.75, 3.05) is 12.8 Å². The molecule has 5 heteroatoms. The second-order valence-corrected chi connectivity index (χ2v) is 5.99. The number of aromatic nitrogens is 1. The maximum atomic E-state index is 11.5. The molecule has 1 saturated carbocycles. The van der Waals surface area contributed by atoms with E-state index in [2.05, 4.69) is 10.3 Å². The molecule has 0 unspecified atom stereocenters. The highest BCUT2D eigenvalue weighted by Crippen LogP contribution is 2.21. The van der Waals surface area contributed by atoms with E-state index in [1.165, 1.54) is 19.3 Å². The lowest BCUT2D eigenvalue weighted by atomic mass is 9.98. The van der Waals surface area contributed by atoms with E-state index in [-0.39, 0.29) is 12.0 Å². The Hall–Kier alpha value is -2.14. The Morgan fingerprint density at radius 2 is 1.96 bits per heavy atom. The van der Waals surface area contributed by atoms with Crippen molar-refractivity contribution >= 4 is 22.5 Å². The number of benzene rings is 1. The molecule has 1 aromatic heterocycles. The first-order valence-corrected chi connectivity index (χ1v) is 8.07. The Kier molecular flexibility index (Phi) is 5.93. The quantitative estimate of drug-likeness (QED) is 0.755. The third-order valence-corrected chi connectivity index (χ3v) is 4.13. The topological polar surface area (TPSA) is 88.2 Å². The van der Waals surface area contributed by atoms with Crippen molar-refractivity contribution in [3.8, 4) is 0 Å². The van der Waals surface area contributed by atoms with Gasteiger partial charge in [0, 0.05) is 24.2 Å². The first-order valence-electron chi connectivity index (χ1n) is 8.07. The van der Waals surface area contributed by atoms with Crippen molar-refractivity contribution in [1.82, 2.24) is 10.3 Å². The highest BCUT2D eigenvalue weighted by molar-refractivity contribution is 5.99. The van der Waals surface area contributed by atoms with Gasteiger partial charge < -0.3 is 16.2 Å². The Bertz CT molecular complexity index is 679. The average molecular weight is 315 g/mol. The summed E-state index contributed by atoms with van der Waals surface area (Å²) >= 11 is 0. The molecule has 1 aliphatic rings. The van der Waals surface area contributed by atoms with Gasteiger partial charge in [-0.3, -0.25) is 4.79 Å². The first-order chi connectivity index (χ1) is 11.0. The molecule has 0 aliphatic heterocycles. The molecule has 23 heavy (non-hydrogen) atoms. The van der Waals surface area contributed by atoms with Gasteiger partial charge in [-0.25, -0.2) is 4.98 Å². The number of aliphatic hydroxyl groups excluding tert-OH is 1. The smallest absolute Gasteiger partial charge is 0.251 e. The number of nitrogens with two attached hydrogens (primary N) is 1. The number of carbonyl (C=O) groups is 1. The molecule has 124 valence electrons. The summed E-state index contributed by atoms with van der Waals surface area (Å²) in [5, 5.41) is 13.5. The van der Waals surface area contributed by atoms with Crippen LogP contribution in [0.1, 0.15) is 48.0 Å². The van der Waals surface area contributed by atoms with Crippen molar-refractivity contribution in [2.24, 2.45) is 0 Å². The molecule has 0 radical (unpaired) electrons. The van der Waals surface area contributed by atoms with Crippen LogP contribution in [-0.2, 0) is 0 Å². The summed E-state index contributed by atoms with van der Waals surface area (Å²) in [5.74, 6) is 0.362. The fraction of sp³-hybridized carbons (Fsp3) is 0.444. The summed E-state index contributed by atoms with van der Waals surface area (Å²) in [6.45, 7) is 1.95. The lowest BCUT2D eigenvalue weighted by molar-refractivity contribution is 0.0963. The number of fused-ring (bicyclic) bond motifs is 1. The van der Waals surface area contributed by atoms with E-state index < -0.39 is 0 Å². The Labute approximate surface area is 136 Å². The van der Waals surface area contributed by atoms with Crippen LogP contribution in [0.5, 0.6) is 0 Å². The van der Waals surface area contributed by atoms with Crippen molar-refractivity contribution in [3.63, 3.8) is 0 Å². The summed E-state index contributed by atoms with van der Waals surface area (Å²) < 4.78 is 0. The van der Waals surface area contributed by atoms with E-state index >= 15 is 0 Å². The molecule has 1 fully saturated rings. The van der Waals surface area contributed by atoms with Gasteiger partial charge in [0.25, 0.3) is 5.91 Å². The number of aryl methyl sites for hydroxylation is 1. The number of nitrogens with one attached hydrogen (secondary N) is 1. The van der Waals surface area contributed by atoms with Crippen molar-refractivity contribution in [2.45, 2.75) is 45.1 Å². The molecule has 5 nitrogen and oxygen atoms in total. The fourth-order valence-electron chi connectivity index (χ4n) is 2.81. The summed E-state index contributed by atoms with van der Waals surface area (Å²) in [6.07, 6.45) is 7.65. The second kappa shape index (κ2) is 7.92. The number of nitrogen functional groups attached to an aromatic ring is 1. The van der Waals surface area contributed by atoms with Gasteiger partial charge in [0.05, 0.1) is 6.10 Å². The fourth-order valence-corrected chi connectivity index (χ4v) is 2.81. The number of amides is 1. The number of aliphatic hydroxyl groups is 1. The lowest BCUT2D eigenvalue weighted by Gasteiger charge is -2.14. The maximum absolute atomic E-state index is 11.5. The molecular weight excluding hydrogens is 290 g/mol. The van der Waals surface area contributed by atoms with Gasteiger partial charge in [-0.2, -0.15) is 0 Å². The van der Waals surface area contributed by atoms with Crippen molar-refractivity contribution in [1.29, 1.82) is 0 Å². The minimum atomic E-state index is -0.0969. The monoisotopic (exact) mass is 315 g/mol. The largest absolute Gasteiger partial charge is 0.393 e. The van der Waals surface area contributed by atoms with Crippen LogP contribution in [0.3, 0.4) is 0 Å². The molecule has 1 amide bonds. The number of rotatable bonds is 1. The zero-order valence-corrected chi connectivity index (χ0v) is 13.8. The number of hydrogen-bond acceptors (Lipinski definition) is 4. The van der Waals surface area contributed by atoms with Gasteiger partial charge >= 0.3 is 0 Å². The molecule has 0 saturated heterocycles. The van der Waals surface area contributed by atoms with Crippen LogP contribution in [0.15, 0.2) is 24.4 Å². The van der Waals surface area contributed by atoms with Gasteiger partial charge in [-0.1, -0.05) is 19.3 Å². The van der Waals surface area contributed by atoms with E-state index in [1.54, 1.807) is 19.3 Å². The van der Waals surface area contributed by atoms with Gasteiger partial charge in [0.2, 0.25) is 0 Å². The van der Waals surface area contributed by atoms with E-state index in [1.807, 2.05) is 19.1 Å². The van der Waals surface area contributed by atoms with Crippen LogP contribution in [0, 0.1) is 6.92 Å². The normalized spacial score (nSPS) is 14.9. The van der Waals surface area contributed by atoms with Crippen molar-refractivity contribution in [3.05, 3.63) is 35.5 Å². The summed E-state index contributed by atoms with van der Waals surface area (Å²) in [7, 11) is 1.61. The second-order valence-electron chi connectivity index (χ2n) is 5.99. The first kappa shape index (κ1) is 17.2. The standard InChI is InChI=1S/C12H13N3O.C6H12O/c1-7-3-9(12(16)14-2)4-8-5-11(13)15-6-10(7)8;7-6-4-2-1-3-5-6/h3-6H,1-2H3,(H2,13,15)(H,14,16);6-7H,1-5H2. The minimum absolute atomic E-state index is 0.0359. The molecule has 1 aliphatic carbocycles. The van der Waals surface area contributed by atoms with Gasteiger partial charge in [0.15, 0.2) is 0 Å². The molecule has 4 N–H and O–H groups in total. The molecule has 2 aromatic rings. The number of hydrogen-bond donors (Lipinski definition) is 3. The van der Waals surface area contributed by atoms with Gasteiger partial charge in [-0.15, -0.1) is 0 Å². The minimum Gasteiger partial charge on any atom is -0.393 e. The Balaban J connectivity index is 0.000000229. The summed E-state index contributed by atoms with van der Waals surface area (Å²) in [4.78, 5) is 15.6. The van der Waals surface area contributed by atoms with Crippen LogP contribution in [0.4, 0.5) is 5.82 Å².